The molecule has 0 atom stereocenters. The van der Waals surface area contributed by atoms with Gasteiger partial charge in [0, 0.05) is 20.1 Å². The summed E-state index contributed by atoms with van der Waals surface area (Å²) >= 11 is 3.85. The normalized spacial score (nSPS) is 11.6. The largest absolute Gasteiger partial charge is 0.452 e. The predicted octanol–water partition coefficient (Wildman–Crippen LogP) is 5.18. The molecule has 0 aliphatic carbocycles. The maximum absolute atomic E-state index is 6.03. The molecule has 0 saturated heterocycles. The Hall–Kier alpha value is -2.26. The molecule has 0 radical (unpaired) electrons. The Morgan fingerprint density at radius 2 is 1.84 bits per heavy atom. The number of nitrogens with zero attached hydrogens (tertiary/aromatic N) is 4. The molecule has 3 heterocycles. The average molecular weight is 458 g/mol. The van der Waals surface area contributed by atoms with Crippen LogP contribution in [-0.2, 0) is 0 Å². The molecule has 5 rings (SSSR count). The summed E-state index contributed by atoms with van der Waals surface area (Å²) < 4.78 is 8.96. The molecule has 2 aromatic carbocycles. The van der Waals surface area contributed by atoms with Gasteiger partial charge in [-0.3, -0.25) is 0 Å². The Kier molecular flexibility index (Phi) is 3.39. The van der Waals surface area contributed by atoms with Crippen LogP contribution in [0.1, 0.15) is 5.56 Å². The van der Waals surface area contributed by atoms with Crippen molar-refractivity contribution in [3.05, 3.63) is 57.7 Å². The number of para-hydroxylation sites is 1. The summed E-state index contributed by atoms with van der Waals surface area (Å²) in [5.74, 6) is 1.35. The van der Waals surface area contributed by atoms with Crippen LogP contribution in [0.2, 0.25) is 0 Å². The second-order valence-corrected chi connectivity index (χ2v) is 7.78. The molecule has 0 N–H and O–H groups in total. The lowest BCUT2D eigenvalue weighted by Gasteiger charge is -1.98. The number of hydrogen-bond acceptors (Lipinski definition) is 5. The second-order valence-electron chi connectivity index (χ2n) is 5.66. The van der Waals surface area contributed by atoms with E-state index in [2.05, 4.69) is 51.0 Å². The first kappa shape index (κ1) is 15.0. The number of hydrogen-bond donors (Lipinski definition) is 0. The maximum Gasteiger partial charge on any atom is 0.235 e. The molecule has 0 aliphatic rings. The van der Waals surface area contributed by atoms with E-state index in [-0.39, 0.29) is 0 Å². The fourth-order valence-corrected chi connectivity index (χ4v) is 4.59. The summed E-state index contributed by atoms with van der Waals surface area (Å²) in [7, 11) is 0. The molecule has 0 amide bonds. The van der Waals surface area contributed by atoms with E-state index in [1.165, 1.54) is 11.3 Å². The Balaban J connectivity index is 1.72. The zero-order valence-corrected chi connectivity index (χ0v) is 16.1. The predicted molar refractivity (Wildman–Crippen MR) is 107 cm³/mol. The van der Waals surface area contributed by atoms with Gasteiger partial charge in [0.2, 0.25) is 10.8 Å². The Labute approximate surface area is 160 Å². The van der Waals surface area contributed by atoms with Crippen LogP contribution in [0.3, 0.4) is 0 Å². The maximum atomic E-state index is 6.03. The van der Waals surface area contributed by atoms with Crippen LogP contribution in [-0.4, -0.2) is 19.8 Å². The minimum Gasteiger partial charge on any atom is -0.452 e. The molecular weight excluding hydrogens is 447 g/mol. The fourth-order valence-electron chi connectivity index (χ4n) is 2.89. The van der Waals surface area contributed by atoms with Crippen LogP contribution in [0.15, 0.2) is 52.9 Å². The smallest absolute Gasteiger partial charge is 0.235 e. The van der Waals surface area contributed by atoms with Crippen LogP contribution >= 0.6 is 33.9 Å². The SMILES string of the molecule is Cc1c(-c2nnc3sc(-c4ccccc4I)nn23)oc2ccccc12. The van der Waals surface area contributed by atoms with E-state index < -0.39 is 0 Å². The number of aromatic nitrogens is 4. The van der Waals surface area contributed by atoms with Crippen molar-refractivity contribution in [2.24, 2.45) is 0 Å². The summed E-state index contributed by atoms with van der Waals surface area (Å²) in [6, 6.07) is 16.2. The molecule has 0 spiro atoms. The van der Waals surface area contributed by atoms with Crippen LogP contribution in [0.4, 0.5) is 0 Å². The number of aryl methyl sites for hydroxylation is 1. The highest BCUT2D eigenvalue weighted by Crippen LogP contribution is 2.34. The molecule has 3 aromatic heterocycles. The topological polar surface area (TPSA) is 56.2 Å². The van der Waals surface area contributed by atoms with E-state index in [1.807, 2.05) is 37.3 Å². The Morgan fingerprint density at radius 1 is 1.04 bits per heavy atom. The standard InChI is InChI=1S/C18H11IN4OS/c1-10-11-6-3-5-9-14(11)24-15(10)16-20-21-18-23(16)22-17(25-18)12-7-2-4-8-13(12)19/h2-9H,1H3. The van der Waals surface area contributed by atoms with Gasteiger partial charge in [0.1, 0.15) is 10.6 Å². The van der Waals surface area contributed by atoms with Gasteiger partial charge < -0.3 is 4.42 Å². The minimum atomic E-state index is 0.636. The summed E-state index contributed by atoms with van der Waals surface area (Å²) in [5.41, 5.74) is 3.00. The summed E-state index contributed by atoms with van der Waals surface area (Å²) in [5, 5.41) is 15.3. The van der Waals surface area contributed by atoms with Gasteiger partial charge in [-0.15, -0.1) is 10.2 Å². The van der Waals surface area contributed by atoms with Gasteiger partial charge in [-0.25, -0.2) is 0 Å². The lowest BCUT2D eigenvalue weighted by Crippen LogP contribution is -1.91. The van der Waals surface area contributed by atoms with Crippen molar-refractivity contribution in [1.82, 2.24) is 19.8 Å². The lowest BCUT2D eigenvalue weighted by molar-refractivity contribution is 0.619. The van der Waals surface area contributed by atoms with Crippen molar-refractivity contribution in [2.75, 3.05) is 0 Å². The minimum absolute atomic E-state index is 0.636. The first-order chi connectivity index (χ1) is 12.2. The Bertz CT molecular complexity index is 1240. The zero-order valence-electron chi connectivity index (χ0n) is 13.1. The zero-order chi connectivity index (χ0) is 17.0. The number of rotatable bonds is 2. The summed E-state index contributed by atoms with van der Waals surface area (Å²) in [6.45, 7) is 2.04. The molecule has 25 heavy (non-hydrogen) atoms. The molecule has 5 nitrogen and oxygen atoms in total. The van der Waals surface area contributed by atoms with Crippen LogP contribution in [0.25, 0.3) is 38.1 Å². The molecule has 122 valence electrons. The van der Waals surface area contributed by atoms with Crippen molar-refractivity contribution in [3.8, 4) is 22.2 Å². The van der Waals surface area contributed by atoms with Gasteiger partial charge in [0.05, 0.1) is 0 Å². The van der Waals surface area contributed by atoms with E-state index in [4.69, 9.17) is 9.52 Å². The lowest BCUT2D eigenvalue weighted by atomic mass is 10.1. The van der Waals surface area contributed by atoms with Gasteiger partial charge in [0.15, 0.2) is 5.76 Å². The molecular formula is C18H11IN4OS. The molecule has 0 aliphatic heterocycles. The van der Waals surface area contributed by atoms with Crippen molar-refractivity contribution in [2.45, 2.75) is 6.92 Å². The first-order valence-electron chi connectivity index (χ1n) is 7.68. The van der Waals surface area contributed by atoms with E-state index in [9.17, 15) is 0 Å². The highest BCUT2D eigenvalue weighted by molar-refractivity contribution is 14.1. The van der Waals surface area contributed by atoms with E-state index in [0.717, 1.165) is 35.6 Å². The van der Waals surface area contributed by atoms with Crippen LogP contribution in [0, 0.1) is 10.5 Å². The molecule has 5 aromatic rings. The summed E-state index contributed by atoms with van der Waals surface area (Å²) in [6.07, 6.45) is 0. The van der Waals surface area contributed by atoms with Gasteiger partial charge in [-0.2, -0.15) is 9.61 Å². The van der Waals surface area contributed by atoms with Crippen molar-refractivity contribution in [1.29, 1.82) is 0 Å². The number of furan rings is 1. The average Bonchev–Trinajstić information content (AvgIpc) is 3.29. The molecule has 0 bridgehead atoms. The van der Waals surface area contributed by atoms with E-state index >= 15 is 0 Å². The molecule has 0 fully saturated rings. The Morgan fingerprint density at radius 3 is 2.68 bits per heavy atom. The highest BCUT2D eigenvalue weighted by atomic mass is 127. The third-order valence-corrected chi connectivity index (χ3v) is 6.01. The van der Waals surface area contributed by atoms with Gasteiger partial charge in [-0.05, 0) is 41.6 Å². The van der Waals surface area contributed by atoms with E-state index in [1.54, 1.807) is 4.52 Å². The monoisotopic (exact) mass is 458 g/mol. The molecule has 7 heteroatoms. The fraction of sp³-hybridized carbons (Fsp3) is 0.0556. The molecule has 0 unspecified atom stereocenters. The third-order valence-electron chi connectivity index (χ3n) is 4.14. The second kappa shape index (κ2) is 5.63. The van der Waals surface area contributed by atoms with Crippen molar-refractivity contribution < 1.29 is 4.42 Å². The molecule has 0 saturated carbocycles. The quantitative estimate of drug-likeness (QED) is 0.342. The first-order valence-corrected chi connectivity index (χ1v) is 9.57. The van der Waals surface area contributed by atoms with Gasteiger partial charge in [-0.1, -0.05) is 47.7 Å². The van der Waals surface area contributed by atoms with E-state index in [0.29, 0.717) is 11.6 Å². The van der Waals surface area contributed by atoms with Gasteiger partial charge in [0.25, 0.3) is 0 Å². The van der Waals surface area contributed by atoms with Crippen molar-refractivity contribution >= 4 is 49.9 Å². The number of benzene rings is 2. The van der Waals surface area contributed by atoms with Crippen LogP contribution < -0.4 is 0 Å². The third kappa shape index (κ3) is 2.30. The van der Waals surface area contributed by atoms with Gasteiger partial charge >= 0.3 is 0 Å². The van der Waals surface area contributed by atoms with Crippen LogP contribution in [0.5, 0.6) is 0 Å². The van der Waals surface area contributed by atoms with Crippen molar-refractivity contribution in [3.63, 3.8) is 0 Å². The number of halogens is 1. The number of fused-ring (bicyclic) bond motifs is 2. The summed E-state index contributed by atoms with van der Waals surface area (Å²) in [4.78, 5) is 0.754. The highest BCUT2D eigenvalue weighted by Gasteiger charge is 2.21.